The van der Waals surface area contributed by atoms with Gasteiger partial charge in [-0.1, -0.05) is 45.2 Å². The summed E-state index contributed by atoms with van der Waals surface area (Å²) >= 11 is 0. The molecule has 0 aromatic heterocycles. The molecule has 3 fully saturated rings. The van der Waals surface area contributed by atoms with Gasteiger partial charge in [-0.25, -0.2) is 0 Å². The number of nitrogens with one attached hydrogen (secondary N) is 2. The van der Waals surface area contributed by atoms with E-state index in [1.54, 1.807) is 0 Å². The fourth-order valence-corrected chi connectivity index (χ4v) is 5.38. The molecule has 1 aliphatic heterocycles. The predicted octanol–water partition coefficient (Wildman–Crippen LogP) is 3.78. The third-order valence-corrected chi connectivity index (χ3v) is 8.28. The lowest BCUT2D eigenvalue weighted by molar-refractivity contribution is -0.128. The van der Waals surface area contributed by atoms with Crippen LogP contribution in [-0.4, -0.2) is 42.8 Å². The van der Waals surface area contributed by atoms with Gasteiger partial charge in [0.05, 0.1) is 24.7 Å². The number of hydrogen-bond acceptors (Lipinski definition) is 4. The van der Waals surface area contributed by atoms with Crippen molar-refractivity contribution < 1.29 is 19.4 Å². The fraction of sp³-hybridized carbons (Fsp3) is 0.692. The molecule has 1 saturated heterocycles. The van der Waals surface area contributed by atoms with Crippen LogP contribution in [0.4, 0.5) is 5.69 Å². The van der Waals surface area contributed by atoms with Gasteiger partial charge in [0.1, 0.15) is 0 Å². The van der Waals surface area contributed by atoms with Gasteiger partial charge in [0.25, 0.3) is 0 Å². The average molecular weight is 443 g/mol. The molecule has 0 radical (unpaired) electrons. The van der Waals surface area contributed by atoms with Crippen LogP contribution >= 0.6 is 0 Å². The van der Waals surface area contributed by atoms with Crippen molar-refractivity contribution in [2.24, 2.45) is 17.3 Å². The van der Waals surface area contributed by atoms with E-state index in [1.165, 1.54) is 32.1 Å². The van der Waals surface area contributed by atoms with Crippen molar-refractivity contribution in [1.82, 2.24) is 5.32 Å². The number of aliphatic hydroxyl groups excluding tert-OH is 1. The number of benzene rings is 1. The first-order valence-electron chi connectivity index (χ1n) is 12.3. The van der Waals surface area contributed by atoms with Gasteiger partial charge in [-0.2, -0.15) is 0 Å². The molecule has 2 saturated carbocycles. The molecule has 2 aliphatic carbocycles. The molecule has 4 rings (SSSR count). The molecule has 6 heteroatoms. The summed E-state index contributed by atoms with van der Waals surface area (Å²) in [6, 6.07) is 7.38. The molecule has 2 unspecified atom stereocenters. The van der Waals surface area contributed by atoms with Crippen molar-refractivity contribution in [2.45, 2.75) is 76.7 Å². The van der Waals surface area contributed by atoms with Gasteiger partial charge in [0.2, 0.25) is 11.8 Å². The van der Waals surface area contributed by atoms with E-state index in [4.69, 9.17) is 4.74 Å². The fourth-order valence-electron chi connectivity index (χ4n) is 5.38. The van der Waals surface area contributed by atoms with Crippen molar-refractivity contribution in [3.05, 3.63) is 29.8 Å². The lowest BCUT2D eigenvalue weighted by Gasteiger charge is -2.37. The molecule has 6 nitrogen and oxygen atoms in total. The highest BCUT2D eigenvalue weighted by atomic mass is 16.5. The Morgan fingerprint density at radius 1 is 1.19 bits per heavy atom. The van der Waals surface area contributed by atoms with E-state index in [-0.39, 0.29) is 24.5 Å². The van der Waals surface area contributed by atoms with Crippen LogP contribution in [0.2, 0.25) is 0 Å². The minimum atomic E-state index is -0.749. The molecule has 3 atom stereocenters. The van der Waals surface area contributed by atoms with Gasteiger partial charge in [-0.05, 0) is 60.6 Å². The highest BCUT2D eigenvalue weighted by molar-refractivity contribution is 5.92. The standard InChI is InChI=1S/C26H38N2O4/c1-3-20(16-29)28-24(31)26(13-14-32-17-26)19-7-9-21(10-8-19)27-23(30)15-22(18-5-4-6-18)25(2)11-12-25/h7-10,18,20,22,29H,3-6,11-17H2,1-2H3,(H,27,30)(H,28,31)/t20-,22?,26?/m1/s1. The van der Waals surface area contributed by atoms with Crippen LogP contribution in [-0.2, 0) is 19.7 Å². The van der Waals surface area contributed by atoms with Crippen LogP contribution in [0, 0.1) is 17.3 Å². The largest absolute Gasteiger partial charge is 0.394 e. The highest BCUT2D eigenvalue weighted by Crippen LogP contribution is 2.58. The van der Waals surface area contributed by atoms with Gasteiger partial charge < -0.3 is 20.5 Å². The number of carbonyl (C=O) groups is 2. The topological polar surface area (TPSA) is 87.7 Å². The van der Waals surface area contributed by atoms with Crippen molar-refractivity contribution in [3.8, 4) is 0 Å². The Morgan fingerprint density at radius 3 is 2.41 bits per heavy atom. The highest BCUT2D eigenvalue weighted by Gasteiger charge is 2.49. The van der Waals surface area contributed by atoms with Crippen molar-refractivity contribution in [3.63, 3.8) is 0 Å². The molecule has 1 aromatic rings. The summed E-state index contributed by atoms with van der Waals surface area (Å²) in [5.74, 6) is 1.19. The molecular formula is C26H38N2O4. The molecule has 0 spiro atoms. The number of amides is 2. The maximum absolute atomic E-state index is 13.1. The van der Waals surface area contributed by atoms with E-state index >= 15 is 0 Å². The maximum Gasteiger partial charge on any atom is 0.233 e. The van der Waals surface area contributed by atoms with Crippen LogP contribution in [0.3, 0.4) is 0 Å². The number of hydrogen-bond donors (Lipinski definition) is 3. The molecule has 0 bridgehead atoms. The lowest BCUT2D eigenvalue weighted by atomic mass is 9.68. The number of anilines is 1. The van der Waals surface area contributed by atoms with E-state index in [1.807, 2.05) is 31.2 Å². The second-order valence-electron chi connectivity index (χ2n) is 10.4. The summed E-state index contributed by atoms with van der Waals surface area (Å²) < 4.78 is 5.61. The average Bonchev–Trinajstić information content (AvgIpc) is 3.30. The molecule has 32 heavy (non-hydrogen) atoms. The lowest BCUT2D eigenvalue weighted by Crippen LogP contribution is -2.49. The van der Waals surface area contributed by atoms with E-state index < -0.39 is 5.41 Å². The normalized spacial score (nSPS) is 26.1. The Balaban J connectivity index is 1.41. The molecule has 2 amide bonds. The zero-order chi connectivity index (χ0) is 22.8. The Labute approximate surface area is 191 Å². The summed E-state index contributed by atoms with van der Waals surface area (Å²) in [4.78, 5) is 25.9. The van der Waals surface area contributed by atoms with E-state index in [2.05, 4.69) is 17.6 Å². The minimum absolute atomic E-state index is 0.0783. The van der Waals surface area contributed by atoms with E-state index in [0.717, 1.165) is 11.3 Å². The molecule has 3 aliphatic rings. The first-order valence-corrected chi connectivity index (χ1v) is 12.3. The zero-order valence-electron chi connectivity index (χ0n) is 19.5. The zero-order valence-corrected chi connectivity index (χ0v) is 19.5. The third kappa shape index (κ3) is 4.72. The van der Waals surface area contributed by atoms with Crippen LogP contribution in [0.1, 0.15) is 70.8 Å². The van der Waals surface area contributed by atoms with Gasteiger partial charge in [0, 0.05) is 18.7 Å². The van der Waals surface area contributed by atoms with Crippen LogP contribution < -0.4 is 10.6 Å². The second-order valence-corrected chi connectivity index (χ2v) is 10.4. The number of carbonyl (C=O) groups excluding carboxylic acids is 2. The summed E-state index contributed by atoms with van der Waals surface area (Å²) in [5.41, 5.74) is 1.26. The minimum Gasteiger partial charge on any atom is -0.394 e. The first kappa shape index (κ1) is 23.2. The Morgan fingerprint density at radius 2 is 1.91 bits per heavy atom. The Kier molecular flexibility index (Phi) is 6.91. The van der Waals surface area contributed by atoms with Crippen LogP contribution in [0.25, 0.3) is 0 Å². The predicted molar refractivity (Wildman–Crippen MR) is 124 cm³/mol. The van der Waals surface area contributed by atoms with Crippen molar-refractivity contribution in [1.29, 1.82) is 0 Å². The maximum atomic E-state index is 13.1. The van der Waals surface area contributed by atoms with Crippen molar-refractivity contribution in [2.75, 3.05) is 25.1 Å². The molecule has 1 heterocycles. The van der Waals surface area contributed by atoms with Gasteiger partial charge in [0.15, 0.2) is 0 Å². The quantitative estimate of drug-likeness (QED) is 0.515. The molecular weight excluding hydrogens is 404 g/mol. The summed E-state index contributed by atoms with van der Waals surface area (Å²) in [7, 11) is 0. The summed E-state index contributed by atoms with van der Waals surface area (Å²) in [6.45, 7) is 5.06. The Hall–Kier alpha value is -1.92. The third-order valence-electron chi connectivity index (χ3n) is 8.28. The summed E-state index contributed by atoms with van der Waals surface area (Å²) in [6.07, 6.45) is 8.21. The summed E-state index contributed by atoms with van der Waals surface area (Å²) in [5, 5.41) is 15.5. The number of ether oxygens (including phenoxy) is 1. The van der Waals surface area contributed by atoms with E-state index in [0.29, 0.717) is 49.7 Å². The van der Waals surface area contributed by atoms with Crippen LogP contribution in [0.15, 0.2) is 24.3 Å². The molecule has 176 valence electrons. The second kappa shape index (κ2) is 9.52. The molecule has 3 N–H and O–H groups in total. The van der Waals surface area contributed by atoms with Gasteiger partial charge in [-0.15, -0.1) is 0 Å². The van der Waals surface area contributed by atoms with E-state index in [9.17, 15) is 14.7 Å². The van der Waals surface area contributed by atoms with Crippen molar-refractivity contribution >= 4 is 17.5 Å². The number of aliphatic hydroxyl groups is 1. The number of rotatable bonds is 10. The molecule has 1 aromatic carbocycles. The Bertz CT molecular complexity index is 804. The smallest absolute Gasteiger partial charge is 0.233 e. The monoisotopic (exact) mass is 442 g/mol. The van der Waals surface area contributed by atoms with Gasteiger partial charge in [-0.3, -0.25) is 9.59 Å². The SMILES string of the molecule is CC[C@H](CO)NC(=O)C1(c2ccc(NC(=O)CC(C3CCC3)C3(C)CC3)cc2)CCOC1. The van der Waals surface area contributed by atoms with Gasteiger partial charge >= 0.3 is 0 Å². The first-order chi connectivity index (χ1) is 15.4. The van der Waals surface area contributed by atoms with Crippen LogP contribution in [0.5, 0.6) is 0 Å².